The zero-order valence-corrected chi connectivity index (χ0v) is 8.70. The number of aryl methyl sites for hydroxylation is 1. The van der Waals surface area contributed by atoms with Crippen LogP contribution >= 0.6 is 0 Å². The largest absolute Gasteiger partial charge is 0.381 e. The van der Waals surface area contributed by atoms with Gasteiger partial charge in [-0.2, -0.15) is 0 Å². The molecule has 0 unspecified atom stereocenters. The van der Waals surface area contributed by atoms with Crippen LogP contribution in [0.15, 0.2) is 12.2 Å². The van der Waals surface area contributed by atoms with Crippen molar-refractivity contribution < 1.29 is 0 Å². The van der Waals surface area contributed by atoms with Crippen molar-refractivity contribution in [2.24, 2.45) is 0 Å². The van der Waals surface area contributed by atoms with E-state index in [0.29, 0.717) is 0 Å². The van der Waals surface area contributed by atoms with Gasteiger partial charge in [0.25, 0.3) is 0 Å². The van der Waals surface area contributed by atoms with Gasteiger partial charge in [-0.3, -0.25) is 0 Å². The average molecular weight is 174 g/mol. The van der Waals surface area contributed by atoms with Crippen LogP contribution < -0.4 is 0 Å². The molecule has 0 radical (unpaired) electrons. The van der Waals surface area contributed by atoms with E-state index in [-0.39, 0.29) is 0 Å². The molecule has 2 nitrogen and oxygen atoms in total. The summed E-state index contributed by atoms with van der Waals surface area (Å²) in [6.45, 7) is 6.03. The van der Waals surface area contributed by atoms with E-state index in [9.17, 15) is 0 Å². The number of hydrogen-bond donors (Lipinski definition) is 0. The number of allylic oxidation sites excluding steroid dienone is 2. The van der Waals surface area contributed by atoms with Gasteiger partial charge in [0.05, 0.1) is 17.2 Å². The molecular weight excluding hydrogens is 159 g/mol. The molecule has 0 aliphatic carbocycles. The van der Waals surface area contributed by atoms with Gasteiger partial charge in [0.2, 0.25) is 7.98 Å². The molecule has 0 fully saturated rings. The van der Waals surface area contributed by atoms with Gasteiger partial charge in [0.1, 0.15) is 0 Å². The van der Waals surface area contributed by atoms with Crippen LogP contribution in [0.4, 0.5) is 0 Å². The minimum absolute atomic E-state index is 1.04. The van der Waals surface area contributed by atoms with Crippen LogP contribution in [-0.2, 0) is 0 Å². The minimum atomic E-state index is 1.04. The molecule has 1 heterocycles. The summed E-state index contributed by atoms with van der Waals surface area (Å²) < 4.78 is 2.09. The maximum absolute atomic E-state index is 4.44. The molecule has 0 N–H and O–H groups in total. The van der Waals surface area contributed by atoms with E-state index in [1.165, 1.54) is 0 Å². The van der Waals surface area contributed by atoms with E-state index in [2.05, 4.69) is 15.5 Å². The topological polar surface area (TPSA) is 17.8 Å². The second-order valence-electron chi connectivity index (χ2n) is 2.99. The third kappa shape index (κ3) is 1.91. The highest BCUT2D eigenvalue weighted by molar-refractivity contribution is 6.08. The smallest absolute Gasteiger partial charge is 0.225 e. The van der Waals surface area contributed by atoms with Crippen LogP contribution in [0, 0.1) is 6.92 Å². The lowest BCUT2D eigenvalue weighted by Gasteiger charge is -1.98. The summed E-state index contributed by atoms with van der Waals surface area (Å²) in [5.41, 5.74) is 2.21. The zero-order valence-electron chi connectivity index (χ0n) is 8.70. The normalized spacial score (nSPS) is 11.9. The Morgan fingerprint density at radius 3 is 2.38 bits per heavy atom. The van der Waals surface area contributed by atoms with Crippen LogP contribution in [0.5, 0.6) is 0 Å². The van der Waals surface area contributed by atoms with Crippen molar-refractivity contribution >= 4 is 20.1 Å². The Morgan fingerprint density at radius 1 is 1.23 bits per heavy atom. The van der Waals surface area contributed by atoms with Crippen molar-refractivity contribution in [1.29, 1.82) is 0 Å². The van der Waals surface area contributed by atoms with Gasteiger partial charge in [-0.25, -0.2) is 4.98 Å². The number of imidazole rings is 1. The molecule has 0 spiro atoms. The molecule has 68 valence electrons. The van der Waals surface area contributed by atoms with Crippen molar-refractivity contribution in [3.05, 3.63) is 29.4 Å². The summed E-state index contributed by atoms with van der Waals surface area (Å²) in [5.74, 6) is 1.04. The molecule has 0 amide bonds. The highest BCUT2D eigenvalue weighted by Gasteiger charge is 2.05. The van der Waals surface area contributed by atoms with Gasteiger partial charge in [0, 0.05) is 0 Å². The molecule has 13 heavy (non-hydrogen) atoms. The van der Waals surface area contributed by atoms with Gasteiger partial charge in [0.15, 0.2) is 0 Å². The Bertz CT molecular complexity index is 348. The standard InChI is InChI=1S/C10H15BN2/c1-4-6-9-10(7-5-2)13(11)8(3)12-9/h4-7H,11H2,1-3H3/b6-4-,7-5-. The van der Waals surface area contributed by atoms with Crippen LogP contribution in [0.2, 0.25) is 0 Å². The number of hydrogen-bond acceptors (Lipinski definition) is 1. The maximum Gasteiger partial charge on any atom is 0.225 e. The predicted molar refractivity (Wildman–Crippen MR) is 60.3 cm³/mol. The number of aromatic nitrogens is 2. The summed E-state index contributed by atoms with van der Waals surface area (Å²) in [7, 11) is 2.03. The van der Waals surface area contributed by atoms with Gasteiger partial charge in [-0.15, -0.1) is 0 Å². The van der Waals surface area contributed by atoms with Crippen molar-refractivity contribution in [2.45, 2.75) is 20.8 Å². The predicted octanol–water partition coefficient (Wildman–Crippen LogP) is 1.65. The van der Waals surface area contributed by atoms with Gasteiger partial charge in [-0.05, 0) is 32.9 Å². The summed E-state index contributed by atoms with van der Waals surface area (Å²) in [5, 5.41) is 0. The first-order valence-electron chi connectivity index (χ1n) is 4.49. The molecule has 1 rings (SSSR count). The maximum atomic E-state index is 4.44. The highest BCUT2D eigenvalue weighted by Crippen LogP contribution is 2.12. The first-order valence-corrected chi connectivity index (χ1v) is 4.49. The second-order valence-corrected chi connectivity index (χ2v) is 2.99. The van der Waals surface area contributed by atoms with Gasteiger partial charge >= 0.3 is 0 Å². The lowest BCUT2D eigenvalue weighted by Crippen LogP contribution is -1.96. The quantitative estimate of drug-likeness (QED) is 0.623. The Hall–Kier alpha value is -1.25. The molecule has 0 saturated carbocycles. The van der Waals surface area contributed by atoms with E-state index in [0.717, 1.165) is 17.2 Å². The SMILES string of the molecule is Bn1c(C)nc(/C=C\C)c1/C=C\C. The fourth-order valence-corrected chi connectivity index (χ4v) is 1.29. The van der Waals surface area contributed by atoms with Gasteiger partial charge < -0.3 is 4.48 Å². The second kappa shape index (κ2) is 4.12. The Labute approximate surface area is 80.4 Å². The first-order chi connectivity index (χ1) is 6.20. The fourth-order valence-electron chi connectivity index (χ4n) is 1.29. The van der Waals surface area contributed by atoms with Crippen LogP contribution in [0.3, 0.4) is 0 Å². The van der Waals surface area contributed by atoms with Crippen LogP contribution in [0.1, 0.15) is 31.1 Å². The first kappa shape index (κ1) is 9.84. The molecule has 0 aliphatic heterocycles. The molecule has 0 aliphatic rings. The summed E-state index contributed by atoms with van der Waals surface area (Å²) in [4.78, 5) is 4.44. The summed E-state index contributed by atoms with van der Waals surface area (Å²) in [6, 6.07) is 0. The lowest BCUT2D eigenvalue weighted by molar-refractivity contribution is 1.07. The fraction of sp³-hybridized carbons (Fsp3) is 0.300. The molecule has 0 aromatic carbocycles. The molecule has 0 bridgehead atoms. The molecule has 1 aromatic heterocycles. The minimum Gasteiger partial charge on any atom is -0.381 e. The third-order valence-corrected chi connectivity index (χ3v) is 2.04. The van der Waals surface area contributed by atoms with E-state index in [1.807, 2.05) is 47.0 Å². The third-order valence-electron chi connectivity index (χ3n) is 2.04. The Balaban J connectivity index is 3.26. The Kier molecular flexibility index (Phi) is 3.12. The van der Waals surface area contributed by atoms with Crippen molar-refractivity contribution in [2.75, 3.05) is 0 Å². The summed E-state index contributed by atoms with van der Waals surface area (Å²) >= 11 is 0. The zero-order chi connectivity index (χ0) is 9.84. The molecule has 0 saturated heterocycles. The molecular formula is C10H15BN2. The van der Waals surface area contributed by atoms with Crippen LogP contribution in [0.25, 0.3) is 12.2 Å². The number of rotatable bonds is 2. The molecule has 0 atom stereocenters. The van der Waals surface area contributed by atoms with Crippen molar-refractivity contribution in [3.8, 4) is 0 Å². The number of nitrogens with zero attached hydrogens (tertiary/aromatic N) is 2. The van der Waals surface area contributed by atoms with Crippen molar-refractivity contribution in [1.82, 2.24) is 9.46 Å². The van der Waals surface area contributed by atoms with E-state index >= 15 is 0 Å². The molecule has 3 heteroatoms. The van der Waals surface area contributed by atoms with E-state index < -0.39 is 0 Å². The summed E-state index contributed by atoms with van der Waals surface area (Å²) in [6.07, 6.45) is 8.15. The Morgan fingerprint density at radius 2 is 1.85 bits per heavy atom. The van der Waals surface area contributed by atoms with Crippen LogP contribution in [-0.4, -0.2) is 17.4 Å². The highest BCUT2D eigenvalue weighted by atomic mass is 15.0. The van der Waals surface area contributed by atoms with Crippen molar-refractivity contribution in [3.63, 3.8) is 0 Å². The van der Waals surface area contributed by atoms with E-state index in [4.69, 9.17) is 0 Å². The van der Waals surface area contributed by atoms with Gasteiger partial charge in [-0.1, -0.05) is 12.2 Å². The average Bonchev–Trinajstić information content (AvgIpc) is 2.34. The van der Waals surface area contributed by atoms with E-state index in [1.54, 1.807) is 0 Å². The molecule has 1 aromatic rings. The monoisotopic (exact) mass is 174 g/mol. The lowest BCUT2D eigenvalue weighted by atomic mass is 10.2.